The van der Waals surface area contributed by atoms with E-state index in [1.54, 1.807) is 6.20 Å². The number of aryl methyl sites for hydroxylation is 1. The second-order valence-electron chi connectivity index (χ2n) is 4.34. The van der Waals surface area contributed by atoms with Gasteiger partial charge in [-0.25, -0.2) is 9.97 Å². The Kier molecular flexibility index (Phi) is 3.21. The zero-order valence-corrected chi connectivity index (χ0v) is 11.9. The molecule has 2 heterocycles. The van der Waals surface area contributed by atoms with Crippen LogP contribution in [0.5, 0.6) is 0 Å². The molecule has 98 valence electrons. The zero-order chi connectivity index (χ0) is 13.4. The number of alkyl halides is 1. The Hall–Kier alpha value is -1.52. The van der Waals surface area contributed by atoms with Crippen molar-refractivity contribution < 1.29 is 0 Å². The summed E-state index contributed by atoms with van der Waals surface area (Å²) in [5.41, 5.74) is 1.88. The van der Waals surface area contributed by atoms with E-state index >= 15 is 0 Å². The van der Waals surface area contributed by atoms with Crippen molar-refractivity contribution in [2.45, 2.75) is 12.4 Å². The molecule has 0 unspecified atom stereocenters. The quantitative estimate of drug-likeness (QED) is 0.696. The van der Waals surface area contributed by atoms with Gasteiger partial charge in [-0.05, 0) is 18.2 Å². The Morgan fingerprint density at radius 1 is 1.26 bits per heavy atom. The summed E-state index contributed by atoms with van der Waals surface area (Å²) in [6.07, 6.45) is 3.70. The molecule has 3 aromatic rings. The van der Waals surface area contributed by atoms with Gasteiger partial charge in [-0.3, -0.25) is 0 Å². The molecule has 0 amide bonds. The zero-order valence-electron chi connectivity index (χ0n) is 10.3. The van der Waals surface area contributed by atoms with E-state index in [1.165, 1.54) is 0 Å². The van der Waals surface area contributed by atoms with Crippen LogP contribution < -0.4 is 0 Å². The molecule has 0 aliphatic rings. The third-order valence-electron chi connectivity index (χ3n) is 3.13. The average molecular weight is 295 g/mol. The third-order valence-corrected chi connectivity index (χ3v) is 3.60. The van der Waals surface area contributed by atoms with Crippen LogP contribution in [0.15, 0.2) is 30.6 Å². The fraction of sp³-hybridized carbons (Fsp3) is 0.231. The first-order chi connectivity index (χ1) is 9.19. The van der Waals surface area contributed by atoms with Crippen LogP contribution in [-0.2, 0) is 19.5 Å². The van der Waals surface area contributed by atoms with Gasteiger partial charge in [0.1, 0.15) is 11.6 Å². The number of hydrogen-bond acceptors (Lipinski definition) is 2. The molecule has 0 N–H and O–H groups in total. The summed E-state index contributed by atoms with van der Waals surface area (Å²) in [6, 6.07) is 5.64. The highest BCUT2D eigenvalue weighted by atomic mass is 35.5. The molecular formula is C13H12Cl2N4. The van der Waals surface area contributed by atoms with Gasteiger partial charge in [0.25, 0.3) is 0 Å². The predicted octanol–water partition coefficient (Wildman–Crippen LogP) is 3.21. The van der Waals surface area contributed by atoms with Crippen LogP contribution >= 0.6 is 23.2 Å². The molecule has 2 aromatic heterocycles. The first kappa shape index (κ1) is 12.5. The molecule has 19 heavy (non-hydrogen) atoms. The number of hydrogen-bond donors (Lipinski definition) is 0. The van der Waals surface area contributed by atoms with Crippen LogP contribution in [0, 0.1) is 0 Å². The second-order valence-corrected chi connectivity index (χ2v) is 5.04. The van der Waals surface area contributed by atoms with Gasteiger partial charge in [0.15, 0.2) is 0 Å². The highest BCUT2D eigenvalue weighted by Gasteiger charge is 2.12. The summed E-state index contributed by atoms with van der Waals surface area (Å²) in [7, 11) is 1.97. The Balaban J connectivity index is 2.15. The maximum atomic E-state index is 6.06. The van der Waals surface area contributed by atoms with E-state index in [1.807, 2.05) is 36.0 Å². The van der Waals surface area contributed by atoms with Crippen molar-refractivity contribution in [3.05, 3.63) is 47.3 Å². The van der Waals surface area contributed by atoms with Crippen LogP contribution in [0.3, 0.4) is 0 Å². The van der Waals surface area contributed by atoms with Gasteiger partial charge in [-0.2, -0.15) is 0 Å². The van der Waals surface area contributed by atoms with Gasteiger partial charge in [-0.15, -0.1) is 11.6 Å². The van der Waals surface area contributed by atoms with E-state index < -0.39 is 0 Å². The Morgan fingerprint density at radius 2 is 2.11 bits per heavy atom. The molecule has 0 saturated carbocycles. The summed E-state index contributed by atoms with van der Waals surface area (Å²) in [5.74, 6) is 2.13. The number of nitrogens with zero attached hydrogens (tertiary/aromatic N) is 4. The van der Waals surface area contributed by atoms with Crippen molar-refractivity contribution in [1.82, 2.24) is 19.1 Å². The minimum Gasteiger partial charge on any atom is -0.337 e. The van der Waals surface area contributed by atoms with Gasteiger partial charge in [0.05, 0.1) is 23.5 Å². The average Bonchev–Trinajstić information content (AvgIpc) is 2.95. The number of fused-ring (bicyclic) bond motifs is 1. The maximum absolute atomic E-state index is 6.06. The molecule has 0 saturated heterocycles. The lowest BCUT2D eigenvalue weighted by molar-refractivity contribution is 0.693. The molecular weight excluding hydrogens is 283 g/mol. The SMILES string of the molecule is Cn1ccnc1Cn1c(CCl)nc2ccc(Cl)cc21. The normalized spacial score (nSPS) is 11.3. The van der Waals surface area contributed by atoms with Crippen LogP contribution in [-0.4, -0.2) is 19.1 Å². The van der Waals surface area contributed by atoms with Crippen molar-refractivity contribution in [2.75, 3.05) is 0 Å². The van der Waals surface area contributed by atoms with E-state index in [2.05, 4.69) is 14.5 Å². The molecule has 0 fully saturated rings. The smallest absolute Gasteiger partial charge is 0.128 e. The van der Waals surface area contributed by atoms with Gasteiger partial charge in [0.2, 0.25) is 0 Å². The summed E-state index contributed by atoms with van der Waals surface area (Å²) in [5, 5.41) is 0.689. The monoisotopic (exact) mass is 294 g/mol. The maximum Gasteiger partial charge on any atom is 0.128 e. The molecule has 1 aromatic carbocycles. The second kappa shape index (κ2) is 4.87. The molecule has 0 atom stereocenters. The standard InChI is InChI=1S/C13H12Cl2N4/c1-18-5-4-16-13(18)8-19-11-6-9(15)2-3-10(11)17-12(19)7-14/h2-6H,7-8H2,1H3. The summed E-state index contributed by atoms with van der Waals surface area (Å²) < 4.78 is 4.03. The highest BCUT2D eigenvalue weighted by Crippen LogP contribution is 2.22. The number of imidazole rings is 2. The molecule has 0 spiro atoms. The van der Waals surface area contributed by atoms with Crippen LogP contribution in [0.1, 0.15) is 11.6 Å². The van der Waals surface area contributed by atoms with Crippen LogP contribution in [0.4, 0.5) is 0 Å². The fourth-order valence-electron chi connectivity index (χ4n) is 2.11. The Labute approximate surface area is 120 Å². The summed E-state index contributed by atoms with van der Waals surface area (Å²) in [4.78, 5) is 8.85. The molecule has 3 rings (SSSR count). The molecule has 0 radical (unpaired) electrons. The largest absolute Gasteiger partial charge is 0.337 e. The fourth-order valence-corrected chi connectivity index (χ4v) is 2.48. The molecule has 0 aliphatic heterocycles. The van der Waals surface area contributed by atoms with Crippen molar-refractivity contribution in [2.24, 2.45) is 7.05 Å². The Morgan fingerprint density at radius 3 is 2.79 bits per heavy atom. The lowest BCUT2D eigenvalue weighted by Gasteiger charge is -2.07. The number of halogens is 2. The van der Waals surface area contributed by atoms with Gasteiger partial charge in [-0.1, -0.05) is 11.6 Å². The minimum absolute atomic E-state index is 0.358. The van der Waals surface area contributed by atoms with Crippen molar-refractivity contribution in [3.8, 4) is 0 Å². The number of aromatic nitrogens is 4. The van der Waals surface area contributed by atoms with E-state index in [-0.39, 0.29) is 0 Å². The molecule has 0 bridgehead atoms. The molecule has 6 heteroatoms. The van der Waals surface area contributed by atoms with Gasteiger partial charge < -0.3 is 9.13 Å². The highest BCUT2D eigenvalue weighted by molar-refractivity contribution is 6.31. The predicted molar refractivity (Wildman–Crippen MR) is 76.6 cm³/mol. The van der Waals surface area contributed by atoms with E-state index in [0.29, 0.717) is 17.4 Å². The van der Waals surface area contributed by atoms with Crippen LogP contribution in [0.25, 0.3) is 11.0 Å². The lowest BCUT2D eigenvalue weighted by Crippen LogP contribution is -2.08. The first-order valence-corrected chi connectivity index (χ1v) is 6.77. The Bertz CT molecular complexity index is 729. The first-order valence-electron chi connectivity index (χ1n) is 5.86. The van der Waals surface area contributed by atoms with Crippen LogP contribution in [0.2, 0.25) is 5.02 Å². The third kappa shape index (κ3) is 2.22. The van der Waals surface area contributed by atoms with Gasteiger partial charge >= 0.3 is 0 Å². The van der Waals surface area contributed by atoms with Crippen molar-refractivity contribution >= 4 is 34.2 Å². The van der Waals surface area contributed by atoms with E-state index in [9.17, 15) is 0 Å². The summed E-state index contributed by atoms with van der Waals surface area (Å²) >= 11 is 12.0. The summed E-state index contributed by atoms with van der Waals surface area (Å²) in [6.45, 7) is 0.627. The van der Waals surface area contributed by atoms with Crippen molar-refractivity contribution in [3.63, 3.8) is 0 Å². The topological polar surface area (TPSA) is 35.6 Å². The van der Waals surface area contributed by atoms with E-state index in [4.69, 9.17) is 23.2 Å². The number of rotatable bonds is 3. The minimum atomic E-state index is 0.358. The molecule has 4 nitrogen and oxygen atoms in total. The van der Waals surface area contributed by atoms with Crippen molar-refractivity contribution in [1.29, 1.82) is 0 Å². The lowest BCUT2D eigenvalue weighted by atomic mass is 10.3. The number of benzene rings is 1. The van der Waals surface area contributed by atoms with Gasteiger partial charge in [0, 0.05) is 24.5 Å². The van der Waals surface area contributed by atoms with E-state index in [0.717, 1.165) is 22.7 Å². The molecule has 0 aliphatic carbocycles.